The topological polar surface area (TPSA) is 84.5 Å². The monoisotopic (exact) mass is 346 g/mol. The van der Waals surface area contributed by atoms with E-state index < -0.39 is 12.0 Å². The highest BCUT2D eigenvalue weighted by Gasteiger charge is 2.21. The fraction of sp³-hybridized carbons (Fsp3) is 0.421. The Morgan fingerprint density at radius 2 is 1.64 bits per heavy atom. The van der Waals surface area contributed by atoms with Crippen LogP contribution in [0.3, 0.4) is 0 Å². The van der Waals surface area contributed by atoms with E-state index in [1.54, 1.807) is 6.92 Å². The minimum atomic E-state index is -0.777. The number of amides is 2. The van der Waals surface area contributed by atoms with Crippen LogP contribution in [-0.4, -0.2) is 30.9 Å². The van der Waals surface area contributed by atoms with Crippen molar-refractivity contribution in [2.45, 2.75) is 45.2 Å². The Hall–Kier alpha value is -2.63. The third-order valence-corrected chi connectivity index (χ3v) is 3.63. The van der Waals surface area contributed by atoms with E-state index in [1.165, 1.54) is 7.11 Å². The highest BCUT2D eigenvalue weighted by molar-refractivity contribution is 5.87. The Labute approximate surface area is 148 Å². The number of nitrogens with one attached hydrogen (secondary N) is 2. The molecule has 0 heterocycles. The van der Waals surface area contributed by atoms with Crippen molar-refractivity contribution in [3.05, 3.63) is 48.0 Å². The summed E-state index contributed by atoms with van der Waals surface area (Å²) in [5.41, 5.74) is 1.75. The summed E-state index contributed by atoms with van der Waals surface area (Å²) < 4.78 is 4.67. The molecular weight excluding hydrogens is 320 g/mol. The molecule has 2 N–H and O–H groups in total. The summed E-state index contributed by atoms with van der Waals surface area (Å²) in [6, 6.07) is 8.65. The average molecular weight is 346 g/mol. The second-order valence-corrected chi connectivity index (χ2v) is 6.00. The van der Waals surface area contributed by atoms with Crippen LogP contribution in [0.4, 0.5) is 0 Å². The SMILES string of the molecule is C=C(C)C[C@@H](NC(=O)CCC(=O)N[C@H](C)c1ccccc1)C(=O)OC. The van der Waals surface area contributed by atoms with Crippen LogP contribution in [0.2, 0.25) is 0 Å². The summed E-state index contributed by atoms with van der Waals surface area (Å²) in [4.78, 5) is 35.6. The molecule has 0 aromatic heterocycles. The van der Waals surface area contributed by atoms with Gasteiger partial charge in [0.15, 0.2) is 0 Å². The highest BCUT2D eigenvalue weighted by Crippen LogP contribution is 2.11. The molecule has 0 saturated heterocycles. The van der Waals surface area contributed by atoms with Gasteiger partial charge in [-0.05, 0) is 25.8 Å². The first kappa shape index (κ1) is 20.4. The van der Waals surface area contributed by atoms with Gasteiger partial charge in [0.1, 0.15) is 6.04 Å². The predicted molar refractivity (Wildman–Crippen MR) is 95.6 cm³/mol. The third-order valence-electron chi connectivity index (χ3n) is 3.63. The minimum absolute atomic E-state index is 0.00295. The van der Waals surface area contributed by atoms with Gasteiger partial charge in [0.2, 0.25) is 11.8 Å². The molecule has 0 fully saturated rings. The molecule has 0 aliphatic heterocycles. The standard InChI is InChI=1S/C19H26N2O4/c1-13(2)12-16(19(24)25-4)21-18(23)11-10-17(22)20-14(3)15-8-6-5-7-9-15/h5-9,14,16H,1,10-12H2,2-4H3,(H,20,22)(H,21,23)/t14-,16-/m1/s1. The molecule has 0 radical (unpaired) electrons. The number of ether oxygens (including phenoxy) is 1. The number of benzene rings is 1. The molecule has 136 valence electrons. The molecule has 6 heteroatoms. The number of hydrogen-bond acceptors (Lipinski definition) is 4. The van der Waals surface area contributed by atoms with Crippen molar-refractivity contribution in [1.29, 1.82) is 0 Å². The van der Waals surface area contributed by atoms with Gasteiger partial charge < -0.3 is 15.4 Å². The molecule has 0 saturated carbocycles. The van der Waals surface area contributed by atoms with E-state index in [0.717, 1.165) is 11.1 Å². The Morgan fingerprint density at radius 3 is 2.16 bits per heavy atom. The van der Waals surface area contributed by atoms with E-state index >= 15 is 0 Å². The molecule has 2 amide bonds. The van der Waals surface area contributed by atoms with Gasteiger partial charge >= 0.3 is 5.97 Å². The van der Waals surface area contributed by atoms with Crippen molar-refractivity contribution in [2.24, 2.45) is 0 Å². The largest absolute Gasteiger partial charge is 0.467 e. The molecule has 6 nitrogen and oxygen atoms in total. The van der Waals surface area contributed by atoms with Crippen LogP contribution < -0.4 is 10.6 Å². The van der Waals surface area contributed by atoms with Gasteiger partial charge in [0.05, 0.1) is 13.2 Å². The van der Waals surface area contributed by atoms with E-state index in [2.05, 4.69) is 21.9 Å². The van der Waals surface area contributed by atoms with Crippen LogP contribution in [0.1, 0.15) is 44.7 Å². The molecule has 25 heavy (non-hydrogen) atoms. The van der Waals surface area contributed by atoms with Gasteiger partial charge in [-0.15, -0.1) is 6.58 Å². The summed E-state index contributed by atoms with van der Waals surface area (Å²) >= 11 is 0. The zero-order chi connectivity index (χ0) is 18.8. The van der Waals surface area contributed by atoms with Gasteiger partial charge in [-0.2, -0.15) is 0 Å². The predicted octanol–water partition coefficient (Wildman–Crippen LogP) is 2.27. The molecule has 0 aliphatic rings. The Balaban J connectivity index is 2.45. The Morgan fingerprint density at radius 1 is 1.08 bits per heavy atom. The lowest BCUT2D eigenvalue weighted by Gasteiger charge is -2.17. The van der Waals surface area contributed by atoms with E-state index in [4.69, 9.17) is 0 Å². The summed E-state index contributed by atoms with van der Waals surface area (Å²) in [6.07, 6.45) is 0.344. The zero-order valence-corrected chi connectivity index (χ0v) is 15.0. The van der Waals surface area contributed by atoms with Gasteiger partial charge in [0, 0.05) is 12.8 Å². The van der Waals surface area contributed by atoms with Crippen LogP contribution in [-0.2, 0) is 19.1 Å². The fourth-order valence-corrected chi connectivity index (χ4v) is 2.32. The third kappa shape index (κ3) is 7.65. The summed E-state index contributed by atoms with van der Waals surface area (Å²) in [5.74, 6) is -1.13. The second kappa shape index (κ2) is 10.3. The lowest BCUT2D eigenvalue weighted by molar-refractivity contribution is -0.145. The molecular formula is C19H26N2O4. The molecule has 2 atom stereocenters. The molecule has 0 bridgehead atoms. The first-order valence-corrected chi connectivity index (χ1v) is 8.19. The maximum Gasteiger partial charge on any atom is 0.328 e. The number of esters is 1. The molecule has 1 aromatic carbocycles. The number of carbonyl (C=O) groups excluding carboxylic acids is 3. The Bertz CT molecular complexity index is 613. The van der Waals surface area contributed by atoms with Gasteiger partial charge in [-0.25, -0.2) is 4.79 Å². The lowest BCUT2D eigenvalue weighted by atomic mass is 10.1. The van der Waals surface area contributed by atoms with Gasteiger partial charge in [-0.1, -0.05) is 35.9 Å². The zero-order valence-electron chi connectivity index (χ0n) is 15.0. The van der Waals surface area contributed by atoms with Crippen LogP contribution in [0.5, 0.6) is 0 Å². The minimum Gasteiger partial charge on any atom is -0.467 e. The number of carbonyl (C=O) groups is 3. The van der Waals surface area contributed by atoms with Crippen molar-refractivity contribution in [2.75, 3.05) is 7.11 Å². The van der Waals surface area contributed by atoms with Crippen molar-refractivity contribution >= 4 is 17.8 Å². The smallest absolute Gasteiger partial charge is 0.328 e. The average Bonchev–Trinajstić information content (AvgIpc) is 2.59. The van der Waals surface area contributed by atoms with Crippen LogP contribution in [0.15, 0.2) is 42.5 Å². The highest BCUT2D eigenvalue weighted by atomic mass is 16.5. The second-order valence-electron chi connectivity index (χ2n) is 6.00. The first-order valence-electron chi connectivity index (χ1n) is 8.19. The van der Waals surface area contributed by atoms with Crippen LogP contribution >= 0.6 is 0 Å². The van der Waals surface area contributed by atoms with E-state index in [9.17, 15) is 14.4 Å². The maximum atomic E-state index is 12.0. The normalized spacial score (nSPS) is 12.6. The van der Waals surface area contributed by atoms with E-state index in [-0.39, 0.29) is 30.7 Å². The van der Waals surface area contributed by atoms with Crippen molar-refractivity contribution in [3.63, 3.8) is 0 Å². The lowest BCUT2D eigenvalue weighted by Crippen LogP contribution is -2.42. The quantitative estimate of drug-likeness (QED) is 0.531. The molecule has 1 aromatic rings. The van der Waals surface area contributed by atoms with Gasteiger partial charge in [-0.3, -0.25) is 9.59 Å². The molecule has 1 rings (SSSR count). The molecule has 0 unspecified atom stereocenters. The molecule has 0 spiro atoms. The Kier molecular flexibility index (Phi) is 8.39. The van der Waals surface area contributed by atoms with E-state index in [0.29, 0.717) is 6.42 Å². The number of methoxy groups -OCH3 is 1. The van der Waals surface area contributed by atoms with Crippen LogP contribution in [0.25, 0.3) is 0 Å². The fourth-order valence-electron chi connectivity index (χ4n) is 2.32. The maximum absolute atomic E-state index is 12.0. The molecule has 0 aliphatic carbocycles. The van der Waals surface area contributed by atoms with E-state index in [1.807, 2.05) is 37.3 Å². The van der Waals surface area contributed by atoms with Crippen LogP contribution in [0, 0.1) is 0 Å². The summed E-state index contributed by atoms with van der Waals surface area (Å²) in [5, 5.41) is 5.43. The first-order chi connectivity index (χ1) is 11.8. The van der Waals surface area contributed by atoms with Crippen molar-refractivity contribution in [1.82, 2.24) is 10.6 Å². The number of hydrogen-bond donors (Lipinski definition) is 2. The van der Waals surface area contributed by atoms with Gasteiger partial charge in [0.25, 0.3) is 0 Å². The summed E-state index contributed by atoms with van der Waals surface area (Å²) in [6.45, 7) is 7.38. The summed E-state index contributed by atoms with van der Waals surface area (Å²) in [7, 11) is 1.26. The van der Waals surface area contributed by atoms with Crippen molar-refractivity contribution in [3.8, 4) is 0 Å². The number of rotatable bonds is 9. The van der Waals surface area contributed by atoms with Crippen molar-refractivity contribution < 1.29 is 19.1 Å².